The number of aromatic nitrogens is 4. The van der Waals surface area contributed by atoms with Gasteiger partial charge in [-0.25, -0.2) is 4.39 Å². The number of hydrogen-bond donors (Lipinski definition) is 1. The van der Waals surface area contributed by atoms with Crippen molar-refractivity contribution < 1.29 is 4.39 Å². The average Bonchev–Trinajstić information content (AvgIpc) is 2.75. The summed E-state index contributed by atoms with van der Waals surface area (Å²) in [6, 6.07) is 4.77. The topological polar surface area (TPSA) is 55.6 Å². The Morgan fingerprint density at radius 2 is 2.22 bits per heavy atom. The second-order valence-electron chi connectivity index (χ2n) is 4.24. The summed E-state index contributed by atoms with van der Waals surface area (Å²) in [6.07, 6.45) is 0.578. The normalized spacial score (nSPS) is 12.7. The third-order valence-electron chi connectivity index (χ3n) is 2.90. The maximum Gasteiger partial charge on any atom is 0.176 e. The number of nitrogens with zero attached hydrogens (tertiary/aromatic N) is 4. The monoisotopic (exact) mass is 249 g/mol. The molecule has 0 saturated carbocycles. The van der Waals surface area contributed by atoms with Crippen molar-refractivity contribution >= 4 is 0 Å². The Morgan fingerprint density at radius 3 is 2.83 bits per heavy atom. The van der Waals surface area contributed by atoms with Crippen molar-refractivity contribution in [1.29, 1.82) is 0 Å². The van der Waals surface area contributed by atoms with Crippen LogP contribution in [0.4, 0.5) is 4.39 Å². The molecule has 1 N–H and O–H groups in total. The molecule has 96 valence electrons. The quantitative estimate of drug-likeness (QED) is 0.883. The van der Waals surface area contributed by atoms with Crippen molar-refractivity contribution in [1.82, 2.24) is 25.5 Å². The maximum atomic E-state index is 13.3. The van der Waals surface area contributed by atoms with Crippen molar-refractivity contribution in [2.75, 3.05) is 7.05 Å². The zero-order valence-electron chi connectivity index (χ0n) is 10.7. The van der Waals surface area contributed by atoms with Crippen LogP contribution in [0, 0.1) is 12.7 Å². The second kappa shape index (κ2) is 5.22. The van der Waals surface area contributed by atoms with E-state index < -0.39 is 0 Å². The molecule has 6 heteroatoms. The summed E-state index contributed by atoms with van der Waals surface area (Å²) in [5, 5.41) is 15.0. The van der Waals surface area contributed by atoms with Crippen LogP contribution in [0.2, 0.25) is 0 Å². The Labute approximate surface area is 105 Å². The van der Waals surface area contributed by atoms with E-state index in [9.17, 15) is 4.39 Å². The molecule has 0 bridgehead atoms. The highest BCUT2D eigenvalue weighted by Gasteiger charge is 2.16. The molecule has 0 spiro atoms. The van der Waals surface area contributed by atoms with Gasteiger partial charge in [-0.3, -0.25) is 0 Å². The number of halogens is 1. The molecule has 0 amide bonds. The van der Waals surface area contributed by atoms with Crippen molar-refractivity contribution in [3.63, 3.8) is 0 Å². The number of rotatable bonds is 4. The number of aryl methyl sites for hydroxylation is 2. The lowest BCUT2D eigenvalue weighted by Crippen LogP contribution is -2.20. The molecule has 1 heterocycles. The zero-order valence-corrected chi connectivity index (χ0v) is 10.7. The van der Waals surface area contributed by atoms with Gasteiger partial charge in [-0.2, -0.15) is 4.80 Å². The van der Waals surface area contributed by atoms with Gasteiger partial charge in [0.1, 0.15) is 5.82 Å². The van der Waals surface area contributed by atoms with Crippen LogP contribution in [0.3, 0.4) is 0 Å². The van der Waals surface area contributed by atoms with Gasteiger partial charge < -0.3 is 5.32 Å². The minimum Gasteiger partial charge on any atom is -0.313 e. The minimum atomic E-state index is -0.233. The van der Waals surface area contributed by atoms with Gasteiger partial charge in [0, 0.05) is 12.5 Å². The molecule has 1 aromatic carbocycles. The lowest BCUT2D eigenvalue weighted by Gasteiger charge is -2.17. The molecule has 0 fully saturated rings. The summed E-state index contributed by atoms with van der Waals surface area (Å²) in [6.45, 7) is 1.96. The molecular weight excluding hydrogens is 233 g/mol. The van der Waals surface area contributed by atoms with Crippen LogP contribution in [0.5, 0.6) is 0 Å². The van der Waals surface area contributed by atoms with Gasteiger partial charge in [0.05, 0.1) is 7.05 Å². The van der Waals surface area contributed by atoms with Crippen LogP contribution < -0.4 is 5.32 Å². The predicted octanol–water partition coefficient (Wildman–Crippen LogP) is 1.16. The van der Waals surface area contributed by atoms with E-state index in [1.165, 1.54) is 10.9 Å². The van der Waals surface area contributed by atoms with Crippen LogP contribution in [-0.2, 0) is 13.5 Å². The third-order valence-corrected chi connectivity index (χ3v) is 2.90. The molecule has 2 rings (SSSR count). The summed E-state index contributed by atoms with van der Waals surface area (Å²) in [5.41, 5.74) is 1.96. The van der Waals surface area contributed by atoms with Gasteiger partial charge in [0.2, 0.25) is 0 Å². The lowest BCUT2D eigenvalue weighted by molar-refractivity contribution is 0.558. The first-order valence-electron chi connectivity index (χ1n) is 5.76. The van der Waals surface area contributed by atoms with Crippen molar-refractivity contribution in [2.24, 2.45) is 7.05 Å². The van der Waals surface area contributed by atoms with E-state index in [0.717, 1.165) is 11.1 Å². The van der Waals surface area contributed by atoms with Gasteiger partial charge in [-0.05, 0) is 42.4 Å². The van der Waals surface area contributed by atoms with Gasteiger partial charge in [-0.1, -0.05) is 6.07 Å². The van der Waals surface area contributed by atoms with Crippen LogP contribution in [0.25, 0.3) is 0 Å². The minimum absolute atomic E-state index is 0.0232. The van der Waals surface area contributed by atoms with E-state index in [1.54, 1.807) is 19.2 Å². The van der Waals surface area contributed by atoms with Crippen LogP contribution in [-0.4, -0.2) is 27.3 Å². The molecule has 0 aliphatic rings. The van der Waals surface area contributed by atoms with Crippen LogP contribution in [0.1, 0.15) is 23.0 Å². The first-order chi connectivity index (χ1) is 8.60. The molecule has 1 unspecified atom stereocenters. The van der Waals surface area contributed by atoms with E-state index in [-0.39, 0.29) is 11.9 Å². The predicted molar refractivity (Wildman–Crippen MR) is 65.4 cm³/mol. The van der Waals surface area contributed by atoms with E-state index in [0.29, 0.717) is 12.2 Å². The van der Waals surface area contributed by atoms with Gasteiger partial charge in [0.25, 0.3) is 0 Å². The number of tetrazole rings is 1. The standard InChI is InChI=1S/C12H16FN5/c1-8-4-5-9(13)6-10(8)11(14-2)7-12-15-17-18(3)16-12/h4-6,11,14H,7H2,1-3H3. The molecule has 2 aromatic rings. The number of likely N-dealkylation sites (N-methyl/N-ethyl adjacent to an activating group) is 1. The fourth-order valence-corrected chi connectivity index (χ4v) is 1.94. The Morgan fingerprint density at radius 1 is 1.44 bits per heavy atom. The van der Waals surface area contributed by atoms with Crippen molar-refractivity contribution in [3.05, 3.63) is 41.0 Å². The van der Waals surface area contributed by atoms with Crippen LogP contribution in [0.15, 0.2) is 18.2 Å². The Balaban J connectivity index is 2.25. The maximum absolute atomic E-state index is 13.3. The summed E-state index contributed by atoms with van der Waals surface area (Å²) < 4.78 is 13.3. The SMILES string of the molecule is CNC(Cc1nnn(C)n1)c1cc(F)ccc1C. The molecule has 0 aliphatic carbocycles. The molecule has 0 aliphatic heterocycles. The molecule has 0 radical (unpaired) electrons. The van der Waals surface area contributed by atoms with Gasteiger partial charge in [0.15, 0.2) is 5.82 Å². The molecule has 0 saturated heterocycles. The second-order valence-corrected chi connectivity index (χ2v) is 4.24. The highest BCUT2D eigenvalue weighted by molar-refractivity contribution is 5.30. The van der Waals surface area contributed by atoms with Crippen molar-refractivity contribution in [2.45, 2.75) is 19.4 Å². The van der Waals surface area contributed by atoms with Crippen molar-refractivity contribution in [3.8, 4) is 0 Å². The zero-order chi connectivity index (χ0) is 13.1. The van der Waals surface area contributed by atoms with E-state index in [4.69, 9.17) is 0 Å². The molecule has 18 heavy (non-hydrogen) atoms. The highest BCUT2D eigenvalue weighted by Crippen LogP contribution is 2.21. The van der Waals surface area contributed by atoms with Crippen LogP contribution >= 0.6 is 0 Å². The first kappa shape index (κ1) is 12.6. The largest absolute Gasteiger partial charge is 0.313 e. The molecule has 5 nitrogen and oxygen atoms in total. The van der Waals surface area contributed by atoms with E-state index >= 15 is 0 Å². The Kier molecular flexibility index (Phi) is 3.66. The first-order valence-corrected chi connectivity index (χ1v) is 5.76. The summed E-state index contributed by atoms with van der Waals surface area (Å²) in [5.74, 6) is 0.406. The smallest absolute Gasteiger partial charge is 0.176 e. The van der Waals surface area contributed by atoms with E-state index in [2.05, 4.69) is 20.7 Å². The number of hydrogen-bond acceptors (Lipinski definition) is 4. The van der Waals surface area contributed by atoms with E-state index in [1.807, 2.05) is 14.0 Å². The summed E-state index contributed by atoms with van der Waals surface area (Å²) in [7, 11) is 3.56. The lowest BCUT2D eigenvalue weighted by atomic mass is 9.98. The van der Waals surface area contributed by atoms with Gasteiger partial charge in [-0.15, -0.1) is 10.2 Å². The number of benzene rings is 1. The summed E-state index contributed by atoms with van der Waals surface area (Å²) >= 11 is 0. The highest BCUT2D eigenvalue weighted by atomic mass is 19.1. The Bertz CT molecular complexity index is 537. The number of nitrogens with one attached hydrogen (secondary N) is 1. The molecular formula is C12H16FN5. The fourth-order valence-electron chi connectivity index (χ4n) is 1.94. The molecule has 1 atom stereocenters. The Hall–Kier alpha value is -1.82. The average molecular weight is 249 g/mol. The fraction of sp³-hybridized carbons (Fsp3) is 0.417. The molecule has 1 aromatic heterocycles. The summed E-state index contributed by atoms with van der Waals surface area (Å²) in [4.78, 5) is 1.42. The van der Waals surface area contributed by atoms with Gasteiger partial charge >= 0.3 is 0 Å². The third kappa shape index (κ3) is 2.70.